The summed E-state index contributed by atoms with van der Waals surface area (Å²) in [4.78, 5) is 30.3. The molecule has 38 heavy (non-hydrogen) atoms. The predicted octanol–water partition coefficient (Wildman–Crippen LogP) is 6.23. The van der Waals surface area contributed by atoms with Gasteiger partial charge >= 0.3 is 0 Å². The predicted molar refractivity (Wildman–Crippen MR) is 152 cm³/mol. The Hall–Kier alpha value is -3.52. The molecule has 198 valence electrons. The van der Waals surface area contributed by atoms with E-state index in [2.05, 4.69) is 27.8 Å². The van der Waals surface area contributed by atoms with Crippen LogP contribution in [0.1, 0.15) is 75.3 Å². The second-order valence-corrected chi connectivity index (χ2v) is 12.1. The number of anilines is 1. The fourth-order valence-corrected chi connectivity index (χ4v) is 6.09. The standard InChI is InChI=1S/C30H35N5O2S/c1-30(2,3)31-29(37)28(26-14-9-19-38-26)35(23-17-15-22(16-18-23)21-10-5-4-6-11-21)27(36)20-34-25-13-8-7-12-24(25)32-33-34/h7-9,12-19,21,28H,4-6,10-11,20H2,1-3H3,(H,31,37). The molecule has 0 aliphatic heterocycles. The Labute approximate surface area is 227 Å². The molecule has 2 aromatic heterocycles. The van der Waals surface area contributed by atoms with Gasteiger partial charge in [-0.1, -0.05) is 54.8 Å². The van der Waals surface area contributed by atoms with E-state index < -0.39 is 11.6 Å². The molecule has 2 heterocycles. The fourth-order valence-electron chi connectivity index (χ4n) is 5.28. The van der Waals surface area contributed by atoms with E-state index in [1.807, 2.05) is 74.7 Å². The molecule has 5 rings (SSSR count). The Morgan fingerprint density at radius 3 is 2.45 bits per heavy atom. The molecule has 1 fully saturated rings. The minimum atomic E-state index is -0.808. The number of carbonyl (C=O) groups excluding carboxylic acids is 2. The lowest BCUT2D eigenvalue weighted by Crippen LogP contribution is -2.50. The van der Waals surface area contributed by atoms with Crippen LogP contribution in [0.5, 0.6) is 0 Å². The average molecular weight is 530 g/mol. The molecule has 1 aliphatic carbocycles. The van der Waals surface area contributed by atoms with Gasteiger partial charge in [0.25, 0.3) is 0 Å². The third-order valence-corrected chi connectivity index (χ3v) is 7.96. The molecular formula is C30H35N5O2S. The zero-order chi connectivity index (χ0) is 26.7. The second kappa shape index (κ2) is 11.1. The molecule has 0 bridgehead atoms. The van der Waals surface area contributed by atoms with Crippen molar-refractivity contribution in [3.8, 4) is 0 Å². The zero-order valence-corrected chi connectivity index (χ0v) is 23.1. The van der Waals surface area contributed by atoms with Gasteiger partial charge in [-0.3, -0.25) is 14.5 Å². The van der Waals surface area contributed by atoms with Gasteiger partial charge in [-0.25, -0.2) is 4.68 Å². The Balaban J connectivity index is 1.54. The van der Waals surface area contributed by atoms with Crippen molar-refractivity contribution in [2.75, 3.05) is 4.90 Å². The quantitative estimate of drug-likeness (QED) is 0.308. The van der Waals surface area contributed by atoms with Crippen molar-refractivity contribution in [2.45, 2.75) is 76.9 Å². The molecule has 1 N–H and O–H groups in total. The van der Waals surface area contributed by atoms with Crippen LogP contribution in [0.4, 0.5) is 5.69 Å². The zero-order valence-electron chi connectivity index (χ0n) is 22.3. The minimum absolute atomic E-state index is 0.0322. The molecule has 1 atom stereocenters. The Bertz CT molecular complexity index is 1380. The average Bonchev–Trinajstić information content (AvgIpc) is 3.57. The van der Waals surface area contributed by atoms with Crippen molar-refractivity contribution in [1.82, 2.24) is 20.3 Å². The molecule has 4 aromatic rings. The maximum atomic E-state index is 14.1. The SMILES string of the molecule is CC(C)(C)NC(=O)C(c1cccs1)N(C(=O)Cn1nnc2ccccc21)c1ccc(C2CCCCC2)cc1. The van der Waals surface area contributed by atoms with Crippen molar-refractivity contribution in [1.29, 1.82) is 0 Å². The largest absolute Gasteiger partial charge is 0.349 e. The number of thiophene rings is 1. The Morgan fingerprint density at radius 1 is 1.03 bits per heavy atom. The smallest absolute Gasteiger partial charge is 0.249 e. The number of benzene rings is 2. The highest BCUT2D eigenvalue weighted by atomic mass is 32.1. The summed E-state index contributed by atoms with van der Waals surface area (Å²) in [5.74, 6) is 0.113. The van der Waals surface area contributed by atoms with Crippen molar-refractivity contribution in [3.05, 3.63) is 76.5 Å². The van der Waals surface area contributed by atoms with E-state index in [1.54, 1.807) is 9.58 Å². The summed E-state index contributed by atoms with van der Waals surface area (Å²) >= 11 is 1.47. The number of carbonyl (C=O) groups is 2. The van der Waals surface area contributed by atoms with Crippen LogP contribution in [0, 0.1) is 0 Å². The summed E-state index contributed by atoms with van der Waals surface area (Å²) in [7, 11) is 0. The molecule has 0 saturated heterocycles. The van der Waals surface area contributed by atoms with Gasteiger partial charge in [0.15, 0.2) is 0 Å². The van der Waals surface area contributed by atoms with Crippen LogP contribution in [0.25, 0.3) is 11.0 Å². The first kappa shape index (κ1) is 26.1. The minimum Gasteiger partial charge on any atom is -0.349 e. The molecule has 1 unspecified atom stereocenters. The lowest BCUT2D eigenvalue weighted by molar-refractivity contribution is -0.127. The van der Waals surface area contributed by atoms with Crippen LogP contribution in [0.3, 0.4) is 0 Å². The third-order valence-electron chi connectivity index (χ3n) is 7.04. The first-order valence-electron chi connectivity index (χ1n) is 13.4. The second-order valence-electron chi connectivity index (χ2n) is 11.1. The van der Waals surface area contributed by atoms with Gasteiger partial charge in [-0.15, -0.1) is 16.4 Å². The van der Waals surface area contributed by atoms with E-state index in [1.165, 1.54) is 49.0 Å². The molecule has 2 amide bonds. The number of nitrogens with one attached hydrogen (secondary N) is 1. The van der Waals surface area contributed by atoms with E-state index in [-0.39, 0.29) is 18.4 Å². The number of para-hydroxylation sites is 1. The summed E-state index contributed by atoms with van der Waals surface area (Å²) in [6, 6.07) is 18.8. The van der Waals surface area contributed by atoms with Gasteiger partial charge < -0.3 is 5.32 Å². The lowest BCUT2D eigenvalue weighted by atomic mass is 9.84. The maximum Gasteiger partial charge on any atom is 0.249 e. The summed E-state index contributed by atoms with van der Waals surface area (Å²) in [6.45, 7) is 5.81. The first-order chi connectivity index (χ1) is 18.3. The van der Waals surface area contributed by atoms with Gasteiger partial charge in [0, 0.05) is 16.1 Å². The van der Waals surface area contributed by atoms with Crippen molar-refractivity contribution in [3.63, 3.8) is 0 Å². The van der Waals surface area contributed by atoms with Gasteiger partial charge in [0.05, 0.1) is 5.52 Å². The van der Waals surface area contributed by atoms with Crippen molar-refractivity contribution in [2.24, 2.45) is 0 Å². The van der Waals surface area contributed by atoms with Crippen LogP contribution in [0.15, 0.2) is 66.0 Å². The summed E-state index contributed by atoms with van der Waals surface area (Å²) in [6.07, 6.45) is 6.23. The molecule has 2 aromatic carbocycles. The number of rotatable bonds is 7. The molecule has 0 spiro atoms. The molecule has 8 heteroatoms. The summed E-state index contributed by atoms with van der Waals surface area (Å²) in [5.41, 5.74) is 3.05. The molecule has 1 saturated carbocycles. The van der Waals surface area contributed by atoms with Gasteiger partial charge in [-0.05, 0) is 80.8 Å². The fraction of sp³-hybridized carbons (Fsp3) is 0.400. The molecule has 7 nitrogen and oxygen atoms in total. The monoisotopic (exact) mass is 529 g/mol. The topological polar surface area (TPSA) is 80.1 Å². The number of nitrogens with zero attached hydrogens (tertiary/aromatic N) is 4. The van der Waals surface area contributed by atoms with Crippen LogP contribution >= 0.6 is 11.3 Å². The highest BCUT2D eigenvalue weighted by Crippen LogP contribution is 2.36. The van der Waals surface area contributed by atoms with E-state index >= 15 is 0 Å². The highest BCUT2D eigenvalue weighted by molar-refractivity contribution is 7.10. The van der Waals surface area contributed by atoms with E-state index in [4.69, 9.17) is 0 Å². The van der Waals surface area contributed by atoms with E-state index in [0.717, 1.165) is 15.9 Å². The first-order valence-corrected chi connectivity index (χ1v) is 14.2. The van der Waals surface area contributed by atoms with E-state index in [9.17, 15) is 9.59 Å². The number of hydrogen-bond acceptors (Lipinski definition) is 5. The van der Waals surface area contributed by atoms with Crippen LogP contribution < -0.4 is 10.2 Å². The van der Waals surface area contributed by atoms with Gasteiger partial charge in [0.2, 0.25) is 11.8 Å². The molecule has 1 aliphatic rings. The summed E-state index contributed by atoms with van der Waals surface area (Å²) in [5, 5.41) is 13.5. The summed E-state index contributed by atoms with van der Waals surface area (Å²) < 4.78 is 1.61. The van der Waals surface area contributed by atoms with Crippen LogP contribution in [-0.2, 0) is 16.1 Å². The van der Waals surface area contributed by atoms with Crippen LogP contribution in [-0.4, -0.2) is 32.3 Å². The third kappa shape index (κ3) is 5.80. The van der Waals surface area contributed by atoms with E-state index in [0.29, 0.717) is 11.6 Å². The van der Waals surface area contributed by atoms with Gasteiger partial charge in [-0.2, -0.15) is 0 Å². The van der Waals surface area contributed by atoms with Crippen molar-refractivity contribution >= 4 is 39.9 Å². The maximum absolute atomic E-state index is 14.1. The highest BCUT2D eigenvalue weighted by Gasteiger charge is 2.35. The molecule has 0 radical (unpaired) electrons. The number of amides is 2. The number of aromatic nitrogens is 3. The normalized spacial score (nSPS) is 15.3. The Morgan fingerprint density at radius 2 is 1.76 bits per heavy atom. The van der Waals surface area contributed by atoms with Crippen LogP contribution in [0.2, 0.25) is 0 Å². The lowest BCUT2D eigenvalue weighted by Gasteiger charge is -2.33. The number of fused-ring (bicyclic) bond motifs is 1. The van der Waals surface area contributed by atoms with Crippen molar-refractivity contribution < 1.29 is 9.59 Å². The molecular weight excluding hydrogens is 494 g/mol. The Kier molecular flexibility index (Phi) is 7.61. The number of hydrogen-bond donors (Lipinski definition) is 1. The van der Waals surface area contributed by atoms with Gasteiger partial charge in [0.1, 0.15) is 18.1 Å².